The van der Waals surface area contributed by atoms with Gasteiger partial charge in [-0.2, -0.15) is 0 Å². The molecule has 0 fully saturated rings. The lowest BCUT2D eigenvalue weighted by Crippen LogP contribution is -2.06. The fourth-order valence-corrected chi connectivity index (χ4v) is 1.69. The number of benzene rings is 1. The van der Waals surface area contributed by atoms with Gasteiger partial charge in [-0.15, -0.1) is 0 Å². The quantitative estimate of drug-likeness (QED) is 0.700. The molecular weight excluding hydrogens is 174 g/mol. The number of rotatable bonds is 2. The van der Waals surface area contributed by atoms with Crippen LogP contribution in [0, 0.1) is 0 Å². The van der Waals surface area contributed by atoms with Gasteiger partial charge in [-0.25, -0.2) is 4.99 Å². The average Bonchev–Trinajstić information content (AvgIpc) is 2.70. The van der Waals surface area contributed by atoms with Crippen LogP contribution in [0.4, 0.5) is 0 Å². The van der Waals surface area contributed by atoms with E-state index in [1.807, 2.05) is 6.07 Å². The molecule has 1 aromatic rings. The van der Waals surface area contributed by atoms with Crippen molar-refractivity contribution in [2.45, 2.75) is 19.8 Å². The summed E-state index contributed by atoms with van der Waals surface area (Å²) in [7, 11) is 0. The smallest absolute Gasteiger partial charge is 0.216 e. The third-order valence-electron chi connectivity index (χ3n) is 2.40. The van der Waals surface area contributed by atoms with Crippen LogP contribution in [0.5, 0.6) is 0 Å². The minimum Gasteiger partial charge on any atom is -0.476 e. The van der Waals surface area contributed by atoms with Crippen LogP contribution in [-0.4, -0.2) is 19.0 Å². The molecule has 1 aliphatic heterocycles. The average molecular weight is 189 g/mol. The summed E-state index contributed by atoms with van der Waals surface area (Å²) in [6, 6.07) is 8.32. The van der Waals surface area contributed by atoms with Crippen molar-refractivity contribution in [1.82, 2.24) is 0 Å². The topological polar surface area (TPSA) is 21.6 Å². The Balaban J connectivity index is 2.41. The lowest BCUT2D eigenvalue weighted by Gasteiger charge is -2.11. The van der Waals surface area contributed by atoms with E-state index in [1.165, 1.54) is 5.56 Å². The number of aliphatic imine (C=N–C) groups is 1. The predicted molar refractivity (Wildman–Crippen MR) is 57.9 cm³/mol. The lowest BCUT2D eigenvalue weighted by atomic mass is 9.97. The third-order valence-corrected chi connectivity index (χ3v) is 2.40. The van der Waals surface area contributed by atoms with Gasteiger partial charge in [0.25, 0.3) is 0 Å². The first-order valence-corrected chi connectivity index (χ1v) is 5.05. The summed E-state index contributed by atoms with van der Waals surface area (Å²) < 4.78 is 5.48. The van der Waals surface area contributed by atoms with Crippen LogP contribution >= 0.6 is 0 Å². The maximum Gasteiger partial charge on any atom is 0.216 e. The summed E-state index contributed by atoms with van der Waals surface area (Å²) in [5.74, 6) is 1.33. The van der Waals surface area contributed by atoms with E-state index in [0.717, 1.165) is 24.6 Å². The van der Waals surface area contributed by atoms with Crippen LogP contribution in [0.25, 0.3) is 0 Å². The molecule has 0 aliphatic carbocycles. The molecule has 1 aliphatic rings. The van der Waals surface area contributed by atoms with Crippen molar-refractivity contribution in [3.8, 4) is 0 Å². The summed E-state index contributed by atoms with van der Waals surface area (Å²) in [5, 5.41) is 0. The van der Waals surface area contributed by atoms with E-state index < -0.39 is 0 Å². The molecule has 2 heteroatoms. The van der Waals surface area contributed by atoms with Gasteiger partial charge in [0.15, 0.2) is 0 Å². The van der Waals surface area contributed by atoms with E-state index in [-0.39, 0.29) is 0 Å². The fraction of sp³-hybridized carbons (Fsp3) is 0.417. The highest BCUT2D eigenvalue weighted by Crippen LogP contribution is 2.21. The van der Waals surface area contributed by atoms with Crippen molar-refractivity contribution < 1.29 is 4.74 Å². The van der Waals surface area contributed by atoms with Gasteiger partial charge in [-0.1, -0.05) is 32.0 Å². The van der Waals surface area contributed by atoms with E-state index in [1.54, 1.807) is 0 Å². The van der Waals surface area contributed by atoms with Crippen molar-refractivity contribution >= 4 is 5.90 Å². The monoisotopic (exact) mass is 189 g/mol. The van der Waals surface area contributed by atoms with Gasteiger partial charge in [0, 0.05) is 5.56 Å². The molecule has 2 nitrogen and oxygen atoms in total. The molecule has 1 aromatic carbocycles. The number of ether oxygens (including phenoxy) is 1. The van der Waals surface area contributed by atoms with Gasteiger partial charge in [0.1, 0.15) is 6.61 Å². The van der Waals surface area contributed by atoms with Crippen molar-refractivity contribution in [2.24, 2.45) is 4.99 Å². The van der Waals surface area contributed by atoms with Gasteiger partial charge in [-0.05, 0) is 17.5 Å². The first kappa shape index (κ1) is 9.25. The van der Waals surface area contributed by atoms with Crippen LogP contribution < -0.4 is 0 Å². The Morgan fingerprint density at radius 3 is 2.71 bits per heavy atom. The zero-order chi connectivity index (χ0) is 9.97. The zero-order valence-electron chi connectivity index (χ0n) is 8.66. The molecule has 0 saturated heterocycles. The summed E-state index contributed by atoms with van der Waals surface area (Å²) >= 11 is 0. The van der Waals surface area contributed by atoms with Gasteiger partial charge < -0.3 is 4.74 Å². The Hall–Kier alpha value is -1.31. The Kier molecular flexibility index (Phi) is 2.53. The summed E-state index contributed by atoms with van der Waals surface area (Å²) in [4.78, 5) is 4.34. The normalized spacial score (nSPS) is 15.5. The van der Waals surface area contributed by atoms with Gasteiger partial charge in [0.2, 0.25) is 5.90 Å². The highest BCUT2D eigenvalue weighted by Gasteiger charge is 2.15. The molecule has 74 valence electrons. The molecule has 0 saturated carbocycles. The van der Waals surface area contributed by atoms with E-state index in [4.69, 9.17) is 4.74 Å². The molecule has 0 bridgehead atoms. The van der Waals surface area contributed by atoms with Crippen molar-refractivity contribution in [3.63, 3.8) is 0 Å². The maximum absolute atomic E-state index is 5.48. The lowest BCUT2D eigenvalue weighted by molar-refractivity contribution is 0.348. The Labute approximate surface area is 84.6 Å². The highest BCUT2D eigenvalue weighted by atomic mass is 16.5. The van der Waals surface area contributed by atoms with Gasteiger partial charge in [-0.3, -0.25) is 0 Å². The van der Waals surface area contributed by atoms with E-state index in [0.29, 0.717) is 5.92 Å². The molecule has 0 amide bonds. The summed E-state index contributed by atoms with van der Waals surface area (Å²) in [5.41, 5.74) is 2.47. The Bertz CT molecular complexity index is 355. The van der Waals surface area contributed by atoms with Crippen molar-refractivity contribution in [3.05, 3.63) is 35.4 Å². The number of hydrogen-bond acceptors (Lipinski definition) is 2. The fourth-order valence-electron chi connectivity index (χ4n) is 1.69. The predicted octanol–water partition coefficient (Wildman–Crippen LogP) is 2.59. The minimum absolute atomic E-state index is 0.512. The van der Waals surface area contributed by atoms with Crippen LogP contribution in [0.1, 0.15) is 30.9 Å². The van der Waals surface area contributed by atoms with E-state index >= 15 is 0 Å². The van der Waals surface area contributed by atoms with Crippen molar-refractivity contribution in [2.75, 3.05) is 13.2 Å². The van der Waals surface area contributed by atoms with Crippen LogP contribution in [0.15, 0.2) is 29.3 Å². The molecule has 14 heavy (non-hydrogen) atoms. The number of hydrogen-bond donors (Lipinski definition) is 0. The second-order valence-corrected chi connectivity index (χ2v) is 3.78. The molecule has 0 radical (unpaired) electrons. The third kappa shape index (κ3) is 1.65. The second kappa shape index (κ2) is 3.82. The second-order valence-electron chi connectivity index (χ2n) is 3.78. The standard InChI is InChI=1S/C12H15NO/c1-9(2)10-5-3-4-6-11(10)12-13-7-8-14-12/h3-6,9H,7-8H2,1-2H3. The molecular formula is C12H15NO. The Morgan fingerprint density at radius 2 is 2.07 bits per heavy atom. The van der Waals surface area contributed by atoms with Gasteiger partial charge in [0.05, 0.1) is 6.54 Å². The Morgan fingerprint density at radius 1 is 1.29 bits per heavy atom. The molecule has 2 rings (SSSR count). The van der Waals surface area contributed by atoms with Crippen LogP contribution in [-0.2, 0) is 4.74 Å². The highest BCUT2D eigenvalue weighted by molar-refractivity contribution is 5.96. The molecule has 0 aromatic heterocycles. The first-order chi connectivity index (χ1) is 6.79. The van der Waals surface area contributed by atoms with E-state index in [2.05, 4.69) is 37.0 Å². The zero-order valence-corrected chi connectivity index (χ0v) is 8.66. The van der Waals surface area contributed by atoms with Crippen LogP contribution in [0.3, 0.4) is 0 Å². The van der Waals surface area contributed by atoms with Crippen molar-refractivity contribution in [1.29, 1.82) is 0 Å². The van der Waals surface area contributed by atoms with Crippen LogP contribution in [0.2, 0.25) is 0 Å². The molecule has 0 spiro atoms. The summed E-state index contributed by atoms with van der Waals surface area (Å²) in [6.07, 6.45) is 0. The molecule has 0 N–H and O–H groups in total. The first-order valence-electron chi connectivity index (χ1n) is 5.05. The summed E-state index contributed by atoms with van der Waals surface area (Å²) in [6.45, 7) is 5.90. The minimum atomic E-state index is 0.512. The SMILES string of the molecule is CC(C)c1ccccc1C1=NCCO1. The molecule has 1 heterocycles. The number of nitrogens with zero attached hydrogens (tertiary/aromatic N) is 1. The largest absolute Gasteiger partial charge is 0.476 e. The molecule has 0 atom stereocenters. The van der Waals surface area contributed by atoms with Gasteiger partial charge >= 0.3 is 0 Å². The molecule has 0 unspecified atom stereocenters. The maximum atomic E-state index is 5.48. The van der Waals surface area contributed by atoms with E-state index in [9.17, 15) is 0 Å².